The fourth-order valence-corrected chi connectivity index (χ4v) is 1.47. The molecule has 0 radical (unpaired) electrons. The monoisotopic (exact) mass is 223 g/mol. The fraction of sp³-hybridized carbons (Fsp3) is 0.875. The molecule has 7 heteroatoms. The fourth-order valence-electron chi connectivity index (χ4n) is 1.47. The average Bonchev–Trinajstić information content (AvgIpc) is 2.20. The first-order valence-corrected chi connectivity index (χ1v) is 4.36. The zero-order valence-corrected chi connectivity index (χ0v) is 7.78. The number of ether oxygens (including phenoxy) is 1. The zero-order chi connectivity index (χ0) is 12.5. The first-order valence-electron chi connectivity index (χ1n) is 4.86. The van der Waals surface area contributed by atoms with Crippen LogP contribution in [0.15, 0.2) is 0 Å². The van der Waals surface area contributed by atoms with Gasteiger partial charge in [0.1, 0.15) is 32.0 Å². The Kier molecular flexibility index (Phi) is 3.29. The number of aldehydes is 1. The normalized spacial score (nSPS) is 47.4. The molecule has 15 heavy (non-hydrogen) atoms. The molecule has 0 aromatic carbocycles. The first kappa shape index (κ1) is 10.9. The van der Waals surface area contributed by atoms with Gasteiger partial charge in [-0.25, -0.2) is 0 Å². The van der Waals surface area contributed by atoms with Gasteiger partial charge in [0.2, 0.25) is 5.79 Å². The van der Waals surface area contributed by atoms with Crippen LogP contribution in [0.25, 0.3) is 0 Å². The molecule has 1 heterocycles. The van der Waals surface area contributed by atoms with E-state index in [1.54, 1.807) is 0 Å². The van der Waals surface area contributed by atoms with Gasteiger partial charge in [0.05, 0.1) is 13.0 Å². The van der Waals surface area contributed by atoms with Gasteiger partial charge in [-0.1, -0.05) is 0 Å². The molecular formula is C8H14O7. The topological polar surface area (TPSA) is 127 Å². The lowest BCUT2D eigenvalue weighted by Crippen LogP contribution is -2.65. The number of hydrogen-bond donors (Lipinski definition) is 5. The van der Waals surface area contributed by atoms with E-state index in [2.05, 4.69) is 0 Å². The van der Waals surface area contributed by atoms with Crippen molar-refractivity contribution in [3.8, 4) is 0 Å². The summed E-state index contributed by atoms with van der Waals surface area (Å²) in [5, 5.41) is 46.7. The molecule has 0 saturated carbocycles. The van der Waals surface area contributed by atoms with Crippen LogP contribution in [0.2, 0.25) is 0 Å². The first-order chi connectivity index (χ1) is 7.31. The van der Waals surface area contributed by atoms with Crippen LogP contribution in [-0.4, -0.2) is 68.6 Å². The van der Waals surface area contributed by atoms with Gasteiger partial charge in [-0.05, 0) is 0 Å². The van der Waals surface area contributed by atoms with E-state index in [-0.39, 0.29) is 0 Å². The Balaban J connectivity index is 2.89. The second-order valence-electron chi connectivity index (χ2n) is 3.43. The summed E-state index contributed by atoms with van der Waals surface area (Å²) < 4.78 is 11.4. The highest BCUT2D eigenvalue weighted by atomic mass is 16.7. The van der Waals surface area contributed by atoms with Gasteiger partial charge in [-0.3, -0.25) is 0 Å². The van der Waals surface area contributed by atoms with Gasteiger partial charge >= 0.3 is 0 Å². The minimum Gasteiger partial charge on any atom is -0.394 e. The maximum atomic E-state index is 10.6. The molecule has 5 atom stereocenters. The maximum Gasteiger partial charge on any atom is 0.201 e. The summed E-state index contributed by atoms with van der Waals surface area (Å²) in [4.78, 5) is 10.6. The Labute approximate surface area is 86.9 Å². The van der Waals surface area contributed by atoms with Crippen LogP contribution in [-0.2, 0) is 9.53 Å². The van der Waals surface area contributed by atoms with E-state index in [1.165, 1.54) is 0 Å². The molecule has 0 amide bonds. The minimum absolute atomic E-state index is 0.709. The van der Waals surface area contributed by atoms with Gasteiger partial charge in [-0.2, -0.15) is 0 Å². The average molecular weight is 223 g/mol. The molecule has 1 aliphatic rings. The molecule has 7 nitrogen and oxygen atoms in total. The second kappa shape index (κ2) is 4.52. The summed E-state index contributed by atoms with van der Waals surface area (Å²) in [6.07, 6.45) is -8.69. The van der Waals surface area contributed by atoms with Crippen LogP contribution in [0.1, 0.15) is 7.79 Å². The third-order valence-electron chi connectivity index (χ3n) is 2.38. The van der Waals surface area contributed by atoms with E-state index >= 15 is 0 Å². The third kappa shape index (κ3) is 2.17. The summed E-state index contributed by atoms with van der Waals surface area (Å²) >= 11 is 0. The molecule has 0 bridgehead atoms. The Morgan fingerprint density at radius 3 is 2.47 bits per heavy atom. The van der Waals surface area contributed by atoms with Crippen LogP contribution in [0.3, 0.4) is 0 Å². The van der Waals surface area contributed by atoms with Crippen molar-refractivity contribution in [1.29, 1.82) is 0 Å². The van der Waals surface area contributed by atoms with E-state index < -0.39 is 49.5 Å². The van der Waals surface area contributed by atoms with E-state index in [1.807, 2.05) is 0 Å². The molecule has 0 aliphatic carbocycles. The van der Waals surface area contributed by atoms with Gasteiger partial charge in [0.15, 0.2) is 0 Å². The van der Waals surface area contributed by atoms with E-state index in [4.69, 9.17) is 11.2 Å². The Morgan fingerprint density at radius 2 is 2.00 bits per heavy atom. The van der Waals surface area contributed by atoms with Gasteiger partial charge in [0, 0.05) is 0 Å². The van der Waals surface area contributed by atoms with Crippen molar-refractivity contribution in [2.45, 2.75) is 36.6 Å². The van der Waals surface area contributed by atoms with Crippen molar-refractivity contribution in [3.05, 3.63) is 0 Å². The summed E-state index contributed by atoms with van der Waals surface area (Å²) in [6, 6.07) is 0. The highest BCUT2D eigenvalue weighted by molar-refractivity contribution is 5.51. The standard InChI is InChI=1S/C8H14O7/c9-2-1-8(14)7(13)6(12)5(11)4(3-10)15-8/h2,4-7,10-14H,1,3H2/t4-,5-,6+,7+,8?/m1/s1/i2D. The molecule has 1 fully saturated rings. The molecule has 1 rings (SSSR count). The molecule has 1 aliphatic heterocycles. The number of aliphatic hydroxyl groups is 5. The number of hydrogen-bond acceptors (Lipinski definition) is 7. The molecule has 5 N–H and O–H groups in total. The van der Waals surface area contributed by atoms with Gasteiger partial charge < -0.3 is 35.1 Å². The lowest BCUT2D eigenvalue weighted by atomic mass is 9.91. The molecule has 0 aromatic heterocycles. The number of aliphatic hydroxyl groups excluding tert-OH is 4. The molecule has 0 aromatic rings. The smallest absolute Gasteiger partial charge is 0.201 e. The lowest BCUT2D eigenvalue weighted by Gasteiger charge is -2.44. The summed E-state index contributed by atoms with van der Waals surface area (Å²) in [6.45, 7) is -0.709. The van der Waals surface area contributed by atoms with Gasteiger partial charge in [-0.15, -0.1) is 0 Å². The van der Waals surface area contributed by atoms with E-state index in [9.17, 15) is 25.2 Å². The van der Waals surface area contributed by atoms with Gasteiger partial charge in [0.25, 0.3) is 0 Å². The highest BCUT2D eigenvalue weighted by Gasteiger charge is 2.52. The van der Waals surface area contributed by atoms with E-state index in [0.717, 1.165) is 0 Å². The second-order valence-corrected chi connectivity index (χ2v) is 3.43. The highest BCUT2D eigenvalue weighted by Crippen LogP contribution is 2.29. The van der Waals surface area contributed by atoms with Crippen molar-refractivity contribution in [2.24, 2.45) is 0 Å². The van der Waals surface area contributed by atoms with Crippen molar-refractivity contribution in [3.63, 3.8) is 0 Å². The number of carbonyl (C=O) groups excluding carboxylic acids is 1. The predicted molar refractivity (Wildman–Crippen MR) is 45.6 cm³/mol. The van der Waals surface area contributed by atoms with Crippen LogP contribution >= 0.6 is 0 Å². The van der Waals surface area contributed by atoms with E-state index in [0.29, 0.717) is 0 Å². The largest absolute Gasteiger partial charge is 0.394 e. The molecule has 1 unspecified atom stereocenters. The Hall–Kier alpha value is -0.570. The van der Waals surface area contributed by atoms with Crippen LogP contribution in [0.5, 0.6) is 0 Å². The summed E-state index contributed by atoms with van der Waals surface area (Å²) in [5.74, 6) is -2.47. The van der Waals surface area contributed by atoms with Crippen molar-refractivity contribution in [2.75, 3.05) is 6.61 Å². The zero-order valence-electron chi connectivity index (χ0n) is 8.78. The molecule has 1 saturated heterocycles. The van der Waals surface area contributed by atoms with Crippen LogP contribution < -0.4 is 0 Å². The third-order valence-corrected chi connectivity index (χ3v) is 2.38. The Bertz CT molecular complexity index is 271. The molecule has 88 valence electrons. The quantitative estimate of drug-likeness (QED) is 0.318. The van der Waals surface area contributed by atoms with Crippen LogP contribution in [0, 0.1) is 0 Å². The summed E-state index contributed by atoms with van der Waals surface area (Å²) in [5.41, 5.74) is 0. The van der Waals surface area contributed by atoms with Crippen molar-refractivity contribution in [1.82, 2.24) is 0 Å². The maximum absolute atomic E-state index is 10.6. The predicted octanol–water partition coefficient (Wildman–Crippen LogP) is -3.26. The lowest BCUT2D eigenvalue weighted by molar-refractivity contribution is -0.347. The molecule has 0 spiro atoms. The van der Waals surface area contributed by atoms with Crippen LogP contribution in [0.4, 0.5) is 0 Å². The minimum atomic E-state index is -2.47. The Morgan fingerprint density at radius 1 is 1.40 bits per heavy atom. The summed E-state index contributed by atoms with van der Waals surface area (Å²) in [7, 11) is 0. The SMILES string of the molecule is [2H]C(=O)CC1(O)O[C@H](CO)[C@@H](O)[C@H](O)[C@@H]1O. The number of carbonyl (C=O) groups is 1. The molecular weight excluding hydrogens is 208 g/mol. The van der Waals surface area contributed by atoms with Crippen molar-refractivity contribution >= 4 is 6.26 Å². The number of rotatable bonds is 3. The van der Waals surface area contributed by atoms with Crippen molar-refractivity contribution < 1.29 is 36.4 Å².